The molecular formula is C7H10IN. The van der Waals surface area contributed by atoms with Gasteiger partial charge in [-0.1, -0.05) is 24.8 Å². The summed E-state index contributed by atoms with van der Waals surface area (Å²) in [5.74, 6) is 0. The van der Waals surface area contributed by atoms with Crippen molar-refractivity contribution in [1.82, 2.24) is 0 Å². The van der Waals surface area contributed by atoms with E-state index in [1.807, 2.05) is 18.2 Å². The van der Waals surface area contributed by atoms with E-state index in [4.69, 9.17) is 5.73 Å². The predicted octanol–water partition coefficient (Wildman–Crippen LogP) is 2.01. The van der Waals surface area contributed by atoms with Crippen molar-refractivity contribution < 1.29 is 0 Å². The van der Waals surface area contributed by atoms with Crippen LogP contribution in [0.5, 0.6) is 0 Å². The van der Waals surface area contributed by atoms with Crippen molar-refractivity contribution in [3.8, 4) is 0 Å². The fraction of sp³-hybridized carbons (Fsp3) is 0.143. The van der Waals surface area contributed by atoms with Crippen LogP contribution in [0.4, 0.5) is 0 Å². The van der Waals surface area contributed by atoms with Crippen LogP contribution in [-0.4, -0.2) is 6.54 Å². The van der Waals surface area contributed by atoms with Crippen LogP contribution in [0.25, 0.3) is 0 Å². The second kappa shape index (κ2) is 6.04. The maximum Gasteiger partial charge on any atom is 0.0127 e. The molecule has 0 rings (SSSR count). The molecule has 0 aliphatic rings. The van der Waals surface area contributed by atoms with E-state index >= 15 is 0 Å². The third kappa shape index (κ3) is 5.79. The molecule has 0 saturated carbocycles. The molecule has 0 bridgehead atoms. The molecule has 0 atom stereocenters. The lowest BCUT2D eigenvalue weighted by Crippen LogP contribution is -1.91. The molecule has 9 heavy (non-hydrogen) atoms. The molecule has 0 aliphatic carbocycles. The highest BCUT2D eigenvalue weighted by atomic mass is 127. The zero-order chi connectivity index (χ0) is 7.11. The van der Waals surface area contributed by atoms with Gasteiger partial charge in [0.25, 0.3) is 0 Å². The molecule has 0 heterocycles. The van der Waals surface area contributed by atoms with Crippen LogP contribution in [-0.2, 0) is 0 Å². The standard InChI is InChI=1S/C7H10IN/c1-2-4-7(8)5-3-6-9/h2-5H,1,6,9H2/b5-3-,7-4+. The molecule has 0 aromatic carbocycles. The Labute approximate surface area is 69.5 Å². The van der Waals surface area contributed by atoms with Crippen molar-refractivity contribution in [2.75, 3.05) is 6.54 Å². The van der Waals surface area contributed by atoms with Crippen LogP contribution < -0.4 is 5.73 Å². The first kappa shape index (κ1) is 8.91. The topological polar surface area (TPSA) is 26.0 Å². The summed E-state index contributed by atoms with van der Waals surface area (Å²) in [6, 6.07) is 0. The Balaban J connectivity index is 3.74. The van der Waals surface area contributed by atoms with Gasteiger partial charge < -0.3 is 5.73 Å². The van der Waals surface area contributed by atoms with Gasteiger partial charge in [-0.15, -0.1) is 0 Å². The van der Waals surface area contributed by atoms with Gasteiger partial charge in [0.2, 0.25) is 0 Å². The lowest BCUT2D eigenvalue weighted by Gasteiger charge is -1.82. The average Bonchev–Trinajstić information content (AvgIpc) is 1.85. The second-order valence-corrected chi connectivity index (χ2v) is 2.67. The second-order valence-electron chi connectivity index (χ2n) is 1.43. The van der Waals surface area contributed by atoms with Gasteiger partial charge in [-0.25, -0.2) is 0 Å². The quantitative estimate of drug-likeness (QED) is 0.587. The van der Waals surface area contributed by atoms with Crippen molar-refractivity contribution in [2.24, 2.45) is 5.73 Å². The van der Waals surface area contributed by atoms with Crippen molar-refractivity contribution in [2.45, 2.75) is 0 Å². The predicted molar refractivity (Wildman–Crippen MR) is 50.5 cm³/mol. The van der Waals surface area contributed by atoms with E-state index in [1.54, 1.807) is 6.08 Å². The summed E-state index contributed by atoms with van der Waals surface area (Å²) in [4.78, 5) is 0. The Kier molecular flexibility index (Phi) is 5.98. The SMILES string of the molecule is C=C/C=C(I)\C=C/CN. The number of hydrogen-bond donors (Lipinski definition) is 1. The zero-order valence-corrected chi connectivity index (χ0v) is 7.34. The van der Waals surface area contributed by atoms with E-state index in [9.17, 15) is 0 Å². The monoisotopic (exact) mass is 235 g/mol. The van der Waals surface area contributed by atoms with Gasteiger partial charge in [0.1, 0.15) is 0 Å². The number of nitrogens with two attached hydrogens (primary N) is 1. The van der Waals surface area contributed by atoms with Gasteiger partial charge in [0, 0.05) is 10.1 Å². The largest absolute Gasteiger partial charge is 0.327 e. The Morgan fingerprint density at radius 3 is 2.78 bits per heavy atom. The summed E-state index contributed by atoms with van der Waals surface area (Å²) in [6.07, 6.45) is 7.54. The highest BCUT2D eigenvalue weighted by Crippen LogP contribution is 2.06. The third-order valence-corrected chi connectivity index (χ3v) is 1.41. The van der Waals surface area contributed by atoms with Crippen molar-refractivity contribution in [3.05, 3.63) is 34.5 Å². The molecule has 0 unspecified atom stereocenters. The molecule has 0 radical (unpaired) electrons. The molecule has 0 aromatic heterocycles. The molecule has 50 valence electrons. The van der Waals surface area contributed by atoms with Gasteiger partial charge in [-0.3, -0.25) is 0 Å². The van der Waals surface area contributed by atoms with Crippen LogP contribution in [0.1, 0.15) is 0 Å². The first-order valence-corrected chi connectivity index (χ1v) is 3.74. The fourth-order valence-electron chi connectivity index (χ4n) is 0.349. The highest BCUT2D eigenvalue weighted by molar-refractivity contribution is 14.1. The van der Waals surface area contributed by atoms with Crippen molar-refractivity contribution in [3.63, 3.8) is 0 Å². The molecule has 0 amide bonds. The molecule has 0 aliphatic heterocycles. The third-order valence-electron chi connectivity index (χ3n) is 0.690. The normalized spacial score (nSPS) is 12.4. The van der Waals surface area contributed by atoms with E-state index in [-0.39, 0.29) is 0 Å². The molecule has 2 N–H and O–H groups in total. The lowest BCUT2D eigenvalue weighted by atomic mass is 10.4. The summed E-state index contributed by atoms with van der Waals surface area (Å²) in [5, 5.41) is 0. The number of halogens is 1. The van der Waals surface area contributed by atoms with Gasteiger partial charge >= 0.3 is 0 Å². The minimum atomic E-state index is 0.595. The number of hydrogen-bond acceptors (Lipinski definition) is 1. The summed E-state index contributed by atoms with van der Waals surface area (Å²) in [6.45, 7) is 4.16. The van der Waals surface area contributed by atoms with E-state index in [0.29, 0.717) is 6.54 Å². The number of rotatable bonds is 3. The van der Waals surface area contributed by atoms with Crippen LogP contribution in [0.15, 0.2) is 34.5 Å². The van der Waals surface area contributed by atoms with Crippen LogP contribution in [0.2, 0.25) is 0 Å². The highest BCUT2D eigenvalue weighted by Gasteiger charge is 1.76. The Morgan fingerprint density at radius 2 is 2.33 bits per heavy atom. The summed E-state index contributed by atoms with van der Waals surface area (Å²) < 4.78 is 1.15. The van der Waals surface area contributed by atoms with Crippen LogP contribution in [0.3, 0.4) is 0 Å². The van der Waals surface area contributed by atoms with Crippen molar-refractivity contribution >= 4 is 22.6 Å². The molecule has 2 heteroatoms. The first-order chi connectivity index (χ1) is 4.31. The summed E-state index contributed by atoms with van der Waals surface area (Å²) in [7, 11) is 0. The van der Waals surface area contributed by atoms with Crippen molar-refractivity contribution in [1.29, 1.82) is 0 Å². The molecule has 0 spiro atoms. The van der Waals surface area contributed by atoms with Crippen LogP contribution >= 0.6 is 22.6 Å². The Morgan fingerprint density at radius 1 is 1.67 bits per heavy atom. The minimum absolute atomic E-state index is 0.595. The molecule has 0 aromatic rings. The minimum Gasteiger partial charge on any atom is -0.327 e. The van der Waals surface area contributed by atoms with Gasteiger partial charge in [-0.05, 0) is 28.7 Å². The molecular weight excluding hydrogens is 225 g/mol. The van der Waals surface area contributed by atoms with Gasteiger partial charge in [0.15, 0.2) is 0 Å². The maximum atomic E-state index is 5.23. The van der Waals surface area contributed by atoms with Gasteiger partial charge in [-0.2, -0.15) is 0 Å². The Hall–Kier alpha value is -0.0900. The number of allylic oxidation sites excluding steroid dienone is 4. The lowest BCUT2D eigenvalue weighted by molar-refractivity contribution is 1.25. The fourth-order valence-corrected chi connectivity index (χ4v) is 0.857. The molecule has 0 fully saturated rings. The summed E-state index contributed by atoms with van der Waals surface area (Å²) >= 11 is 2.21. The molecule has 0 saturated heterocycles. The maximum absolute atomic E-state index is 5.23. The van der Waals surface area contributed by atoms with E-state index in [2.05, 4.69) is 29.2 Å². The van der Waals surface area contributed by atoms with E-state index in [1.165, 1.54) is 0 Å². The van der Waals surface area contributed by atoms with E-state index in [0.717, 1.165) is 3.58 Å². The average molecular weight is 235 g/mol. The van der Waals surface area contributed by atoms with Gasteiger partial charge in [0.05, 0.1) is 0 Å². The Bertz CT molecular complexity index is 136. The van der Waals surface area contributed by atoms with Crippen LogP contribution in [0, 0.1) is 0 Å². The first-order valence-electron chi connectivity index (χ1n) is 2.66. The smallest absolute Gasteiger partial charge is 0.0127 e. The summed E-state index contributed by atoms with van der Waals surface area (Å²) in [5.41, 5.74) is 5.23. The zero-order valence-electron chi connectivity index (χ0n) is 5.18. The molecule has 1 nitrogen and oxygen atoms in total. The van der Waals surface area contributed by atoms with E-state index < -0.39 is 0 Å².